The van der Waals surface area contributed by atoms with Gasteiger partial charge in [0, 0.05) is 16.6 Å². The summed E-state index contributed by atoms with van der Waals surface area (Å²) in [6, 6.07) is 0. The van der Waals surface area contributed by atoms with E-state index >= 15 is 0 Å². The average molecular weight is 242 g/mol. The summed E-state index contributed by atoms with van der Waals surface area (Å²) >= 11 is 0. The summed E-state index contributed by atoms with van der Waals surface area (Å²) < 4.78 is 17.5. The van der Waals surface area contributed by atoms with E-state index in [4.69, 9.17) is 4.74 Å². The van der Waals surface area contributed by atoms with Crippen molar-refractivity contribution in [3.63, 3.8) is 0 Å². The van der Waals surface area contributed by atoms with E-state index in [0.29, 0.717) is 6.61 Å². The molecule has 92 valence electrons. The zero-order chi connectivity index (χ0) is 11.2. The molecule has 16 heavy (non-hydrogen) atoms. The van der Waals surface area contributed by atoms with Gasteiger partial charge in [-0.3, -0.25) is 4.21 Å². The second kappa shape index (κ2) is 6.43. The van der Waals surface area contributed by atoms with E-state index in [-0.39, 0.29) is 5.25 Å². The van der Waals surface area contributed by atoms with Crippen LogP contribution in [0.3, 0.4) is 0 Å². The quantitative estimate of drug-likeness (QED) is 0.711. The average Bonchev–Trinajstić information content (AvgIpc) is 2.71. The Morgan fingerprint density at radius 1 is 1.19 bits per heavy atom. The molecule has 1 aliphatic carbocycles. The third kappa shape index (κ3) is 3.62. The summed E-state index contributed by atoms with van der Waals surface area (Å²) in [5.41, 5.74) is 1.44. The highest BCUT2D eigenvalue weighted by molar-refractivity contribution is 7.85. The summed E-state index contributed by atoms with van der Waals surface area (Å²) in [6.45, 7) is 0.663. The van der Waals surface area contributed by atoms with Crippen molar-refractivity contribution < 1.29 is 8.95 Å². The molecule has 3 heteroatoms. The van der Waals surface area contributed by atoms with E-state index in [0.717, 1.165) is 18.6 Å². The van der Waals surface area contributed by atoms with Gasteiger partial charge in [0.25, 0.3) is 0 Å². The first kappa shape index (κ1) is 12.2. The molecule has 2 nitrogen and oxygen atoms in total. The number of allylic oxidation sites excluding steroid dienone is 1. The first-order chi connectivity index (χ1) is 7.86. The lowest BCUT2D eigenvalue weighted by atomic mass is 10.2. The summed E-state index contributed by atoms with van der Waals surface area (Å²) in [5.74, 6) is 0.880. The molecule has 0 bridgehead atoms. The standard InChI is InChI=1S/C13H22O2S/c14-16-9-5-1-2-8-13(16)11-15-10-12-6-3-4-7-12/h10,13H,1-9,11H2. The van der Waals surface area contributed by atoms with Crippen LogP contribution in [0, 0.1) is 0 Å². The third-order valence-corrected chi connectivity index (χ3v) is 5.33. The third-order valence-electron chi connectivity index (χ3n) is 3.52. The van der Waals surface area contributed by atoms with Gasteiger partial charge in [0.2, 0.25) is 0 Å². The molecule has 1 heterocycles. The topological polar surface area (TPSA) is 26.3 Å². The van der Waals surface area contributed by atoms with Crippen LogP contribution in [0.2, 0.25) is 0 Å². The van der Waals surface area contributed by atoms with Crippen molar-refractivity contribution in [3.8, 4) is 0 Å². The van der Waals surface area contributed by atoms with Crippen LogP contribution >= 0.6 is 0 Å². The van der Waals surface area contributed by atoms with Gasteiger partial charge >= 0.3 is 0 Å². The SMILES string of the molecule is O=S1CCCCCC1COC=C1CCCC1. The molecule has 2 rings (SSSR count). The van der Waals surface area contributed by atoms with Crippen LogP contribution in [-0.4, -0.2) is 21.8 Å². The fraction of sp³-hybridized carbons (Fsp3) is 0.846. The zero-order valence-corrected chi connectivity index (χ0v) is 10.8. The maximum atomic E-state index is 11.9. The number of hydrogen-bond donors (Lipinski definition) is 0. The Kier molecular flexibility index (Phi) is 4.89. The second-order valence-corrected chi connectivity index (χ2v) is 6.71. The Balaban J connectivity index is 1.75. The minimum atomic E-state index is -0.653. The molecule has 1 aliphatic heterocycles. The summed E-state index contributed by atoms with van der Waals surface area (Å²) in [6.07, 6.45) is 11.6. The normalized spacial score (nSPS) is 31.1. The maximum absolute atomic E-state index is 11.9. The van der Waals surface area contributed by atoms with Gasteiger partial charge in [-0.2, -0.15) is 0 Å². The van der Waals surface area contributed by atoms with Crippen molar-refractivity contribution in [3.05, 3.63) is 11.8 Å². The number of ether oxygens (including phenoxy) is 1. The Labute approximate surface area is 101 Å². The Bertz CT molecular complexity index is 265. The van der Waals surface area contributed by atoms with E-state index in [1.54, 1.807) is 0 Å². The zero-order valence-electron chi connectivity index (χ0n) is 9.95. The predicted molar refractivity (Wildman–Crippen MR) is 67.8 cm³/mol. The van der Waals surface area contributed by atoms with Gasteiger partial charge in [0.15, 0.2) is 0 Å². The van der Waals surface area contributed by atoms with Crippen LogP contribution in [0.25, 0.3) is 0 Å². The molecule has 2 fully saturated rings. The highest BCUT2D eigenvalue weighted by Crippen LogP contribution is 2.24. The fourth-order valence-corrected chi connectivity index (χ4v) is 3.95. The summed E-state index contributed by atoms with van der Waals surface area (Å²) in [7, 11) is -0.653. The van der Waals surface area contributed by atoms with E-state index < -0.39 is 10.8 Å². The highest BCUT2D eigenvalue weighted by Gasteiger charge is 2.19. The fourth-order valence-electron chi connectivity index (χ4n) is 2.47. The molecular formula is C13H22O2S. The monoisotopic (exact) mass is 242 g/mol. The minimum Gasteiger partial charge on any atom is -0.500 e. The van der Waals surface area contributed by atoms with E-state index in [1.807, 2.05) is 6.26 Å². The van der Waals surface area contributed by atoms with Crippen molar-refractivity contribution in [2.24, 2.45) is 0 Å². The van der Waals surface area contributed by atoms with Gasteiger partial charge in [-0.15, -0.1) is 0 Å². The van der Waals surface area contributed by atoms with Gasteiger partial charge in [-0.25, -0.2) is 0 Å². The van der Waals surface area contributed by atoms with Gasteiger partial charge in [0.1, 0.15) is 6.61 Å². The van der Waals surface area contributed by atoms with Gasteiger partial charge in [-0.05, 0) is 44.1 Å². The van der Waals surface area contributed by atoms with Crippen LogP contribution in [0.4, 0.5) is 0 Å². The van der Waals surface area contributed by atoms with E-state index in [2.05, 4.69) is 0 Å². The number of hydrogen-bond acceptors (Lipinski definition) is 2. The Hall–Kier alpha value is -0.310. The van der Waals surface area contributed by atoms with E-state index in [9.17, 15) is 4.21 Å². The highest BCUT2D eigenvalue weighted by atomic mass is 32.2. The molecule has 1 saturated carbocycles. The molecule has 0 aromatic rings. The first-order valence-corrected chi connectivity index (χ1v) is 7.91. The van der Waals surface area contributed by atoms with Gasteiger partial charge < -0.3 is 4.74 Å². The van der Waals surface area contributed by atoms with Crippen molar-refractivity contribution in [2.75, 3.05) is 12.4 Å². The smallest absolute Gasteiger partial charge is 0.102 e. The van der Waals surface area contributed by atoms with Crippen LogP contribution in [0.15, 0.2) is 11.8 Å². The molecule has 2 atom stereocenters. The van der Waals surface area contributed by atoms with Crippen molar-refractivity contribution >= 4 is 10.8 Å². The number of rotatable bonds is 3. The summed E-state index contributed by atoms with van der Waals surface area (Å²) in [4.78, 5) is 0. The molecule has 0 radical (unpaired) electrons. The molecule has 0 N–H and O–H groups in total. The van der Waals surface area contributed by atoms with Crippen molar-refractivity contribution in [1.29, 1.82) is 0 Å². The predicted octanol–water partition coefficient (Wildman–Crippen LogP) is 3.15. The van der Waals surface area contributed by atoms with Gasteiger partial charge in [-0.1, -0.05) is 12.8 Å². The van der Waals surface area contributed by atoms with Crippen LogP contribution in [0.1, 0.15) is 51.4 Å². The lowest BCUT2D eigenvalue weighted by Gasteiger charge is -2.13. The summed E-state index contributed by atoms with van der Waals surface area (Å²) in [5, 5.41) is 0.278. The largest absolute Gasteiger partial charge is 0.500 e. The van der Waals surface area contributed by atoms with Crippen LogP contribution in [-0.2, 0) is 15.5 Å². The van der Waals surface area contributed by atoms with Crippen LogP contribution < -0.4 is 0 Å². The van der Waals surface area contributed by atoms with E-state index in [1.165, 1.54) is 44.1 Å². The van der Waals surface area contributed by atoms with Crippen LogP contribution in [0.5, 0.6) is 0 Å². The Morgan fingerprint density at radius 3 is 2.81 bits per heavy atom. The minimum absolute atomic E-state index is 0.278. The molecule has 0 amide bonds. The molecule has 0 aromatic carbocycles. The van der Waals surface area contributed by atoms with Crippen molar-refractivity contribution in [2.45, 2.75) is 56.6 Å². The molecule has 1 saturated heterocycles. The first-order valence-electron chi connectivity index (χ1n) is 6.53. The maximum Gasteiger partial charge on any atom is 0.102 e. The lowest BCUT2D eigenvalue weighted by molar-refractivity contribution is 0.241. The molecule has 0 aromatic heterocycles. The van der Waals surface area contributed by atoms with Crippen molar-refractivity contribution in [1.82, 2.24) is 0 Å². The van der Waals surface area contributed by atoms with Gasteiger partial charge in [0.05, 0.1) is 11.5 Å². The molecule has 0 spiro atoms. The Morgan fingerprint density at radius 2 is 2.00 bits per heavy atom. The second-order valence-electron chi connectivity index (χ2n) is 4.87. The molecule has 2 unspecified atom stereocenters. The molecule has 2 aliphatic rings. The molecular weight excluding hydrogens is 220 g/mol. The lowest BCUT2D eigenvalue weighted by Crippen LogP contribution is -2.21.